The van der Waals surface area contributed by atoms with Gasteiger partial charge in [0, 0.05) is 24.0 Å². The number of benzene rings is 1. The molecule has 0 radical (unpaired) electrons. The molecule has 2 N–H and O–H groups in total. The molecule has 0 unspecified atom stereocenters. The quantitative estimate of drug-likeness (QED) is 0.880. The second-order valence-electron chi connectivity index (χ2n) is 6.45. The zero-order valence-electron chi connectivity index (χ0n) is 13.5. The number of nitrogens with two attached hydrogens (primary N) is 1. The second-order valence-corrected chi connectivity index (χ2v) is 6.45. The maximum atomic E-state index is 12.9. The molecule has 116 valence electrons. The molecule has 2 atom stereocenters. The number of aryl methyl sites for hydroxylation is 2. The molecule has 3 rings (SSSR count). The van der Waals surface area contributed by atoms with Gasteiger partial charge in [0.1, 0.15) is 0 Å². The third-order valence-corrected chi connectivity index (χ3v) is 4.57. The molecule has 2 heterocycles. The Morgan fingerprint density at radius 3 is 2.82 bits per heavy atom. The van der Waals surface area contributed by atoms with E-state index in [0.29, 0.717) is 5.56 Å². The Morgan fingerprint density at radius 2 is 2.09 bits per heavy atom. The average molecular weight is 297 g/mol. The monoisotopic (exact) mass is 297 g/mol. The first-order valence-corrected chi connectivity index (χ1v) is 7.90. The summed E-state index contributed by atoms with van der Waals surface area (Å²) in [6.45, 7) is 6.76. The van der Waals surface area contributed by atoms with Crippen LogP contribution in [0.25, 0.3) is 10.9 Å². The van der Waals surface area contributed by atoms with Crippen LogP contribution in [-0.4, -0.2) is 34.4 Å². The summed E-state index contributed by atoms with van der Waals surface area (Å²) in [4.78, 5) is 19.5. The van der Waals surface area contributed by atoms with Gasteiger partial charge in [-0.05, 0) is 51.3 Å². The minimum Gasteiger partial charge on any atom is -0.336 e. The topological polar surface area (TPSA) is 59.2 Å². The van der Waals surface area contributed by atoms with Crippen LogP contribution in [0.4, 0.5) is 0 Å². The van der Waals surface area contributed by atoms with Gasteiger partial charge in [0.2, 0.25) is 0 Å². The van der Waals surface area contributed by atoms with Gasteiger partial charge in [-0.1, -0.05) is 12.1 Å². The number of likely N-dealkylation sites (tertiary alicyclic amines) is 1. The molecular weight excluding hydrogens is 274 g/mol. The average Bonchev–Trinajstić information content (AvgIpc) is 2.45. The van der Waals surface area contributed by atoms with E-state index in [1.165, 1.54) is 5.56 Å². The van der Waals surface area contributed by atoms with Crippen molar-refractivity contribution in [1.82, 2.24) is 9.88 Å². The molecule has 1 aromatic carbocycles. The molecule has 0 aliphatic carbocycles. The number of hydrogen-bond acceptors (Lipinski definition) is 3. The first kappa shape index (κ1) is 15.0. The van der Waals surface area contributed by atoms with E-state index < -0.39 is 0 Å². The maximum absolute atomic E-state index is 12.9. The van der Waals surface area contributed by atoms with Gasteiger partial charge >= 0.3 is 0 Å². The molecule has 1 amide bonds. The highest BCUT2D eigenvalue weighted by Crippen LogP contribution is 2.23. The van der Waals surface area contributed by atoms with E-state index in [2.05, 4.69) is 24.0 Å². The van der Waals surface area contributed by atoms with Crippen LogP contribution in [0.2, 0.25) is 0 Å². The number of rotatable bonds is 1. The predicted octanol–water partition coefficient (Wildman–Crippen LogP) is 2.80. The van der Waals surface area contributed by atoms with E-state index in [-0.39, 0.29) is 18.0 Å². The zero-order chi connectivity index (χ0) is 15.9. The number of pyridine rings is 1. The molecule has 0 saturated carbocycles. The highest BCUT2D eigenvalue weighted by molar-refractivity contribution is 5.99. The van der Waals surface area contributed by atoms with Gasteiger partial charge in [-0.25, -0.2) is 0 Å². The van der Waals surface area contributed by atoms with Gasteiger partial charge in [-0.3, -0.25) is 9.78 Å². The van der Waals surface area contributed by atoms with E-state index in [4.69, 9.17) is 5.73 Å². The van der Waals surface area contributed by atoms with Crippen molar-refractivity contribution >= 4 is 16.8 Å². The molecule has 1 aromatic heterocycles. The van der Waals surface area contributed by atoms with Gasteiger partial charge in [-0.15, -0.1) is 0 Å². The van der Waals surface area contributed by atoms with E-state index in [0.717, 1.165) is 36.0 Å². The summed E-state index contributed by atoms with van der Waals surface area (Å²) in [6.07, 6.45) is 1.74. The van der Waals surface area contributed by atoms with Crippen molar-refractivity contribution < 1.29 is 4.79 Å². The number of carbonyl (C=O) groups excluding carboxylic acids is 1. The van der Waals surface area contributed by atoms with Crippen LogP contribution in [0.5, 0.6) is 0 Å². The highest BCUT2D eigenvalue weighted by atomic mass is 16.2. The van der Waals surface area contributed by atoms with E-state index in [9.17, 15) is 4.79 Å². The molecule has 1 fully saturated rings. The van der Waals surface area contributed by atoms with Crippen LogP contribution in [0.3, 0.4) is 0 Å². The summed E-state index contributed by atoms with van der Waals surface area (Å²) in [5, 5.41) is 1.01. The SMILES string of the molecule is Cc1ccc2cc(C(=O)N3CC[C@H](N)C[C@@H]3C)c(C)nc2c1. The van der Waals surface area contributed by atoms with Crippen molar-refractivity contribution in [2.75, 3.05) is 6.54 Å². The number of hydrogen-bond donors (Lipinski definition) is 1. The molecule has 1 aliphatic rings. The molecule has 0 spiro atoms. The number of carbonyl (C=O) groups is 1. The summed E-state index contributed by atoms with van der Waals surface area (Å²) < 4.78 is 0. The lowest BCUT2D eigenvalue weighted by Crippen LogP contribution is -2.48. The predicted molar refractivity (Wildman–Crippen MR) is 88.9 cm³/mol. The number of aromatic nitrogens is 1. The molecule has 4 nitrogen and oxygen atoms in total. The van der Waals surface area contributed by atoms with Gasteiger partial charge in [0.05, 0.1) is 16.8 Å². The summed E-state index contributed by atoms with van der Waals surface area (Å²) in [6, 6.07) is 8.50. The second kappa shape index (κ2) is 5.69. The van der Waals surface area contributed by atoms with Crippen LogP contribution in [-0.2, 0) is 0 Å². The lowest BCUT2D eigenvalue weighted by Gasteiger charge is -2.36. The Balaban J connectivity index is 1.97. The van der Waals surface area contributed by atoms with Crippen molar-refractivity contribution in [1.29, 1.82) is 0 Å². The Kier molecular flexibility index (Phi) is 3.87. The fourth-order valence-electron chi connectivity index (χ4n) is 3.25. The van der Waals surface area contributed by atoms with Crippen molar-refractivity contribution in [2.24, 2.45) is 5.73 Å². The normalized spacial score (nSPS) is 22.1. The van der Waals surface area contributed by atoms with E-state index in [1.54, 1.807) is 0 Å². The molecule has 22 heavy (non-hydrogen) atoms. The van der Waals surface area contributed by atoms with Gasteiger partial charge < -0.3 is 10.6 Å². The van der Waals surface area contributed by atoms with Crippen LogP contribution < -0.4 is 5.73 Å². The summed E-state index contributed by atoms with van der Waals surface area (Å²) in [7, 11) is 0. The summed E-state index contributed by atoms with van der Waals surface area (Å²) >= 11 is 0. The number of amides is 1. The number of piperidine rings is 1. The van der Waals surface area contributed by atoms with Crippen LogP contribution >= 0.6 is 0 Å². The van der Waals surface area contributed by atoms with Gasteiger partial charge in [0.15, 0.2) is 0 Å². The maximum Gasteiger partial charge on any atom is 0.255 e. The van der Waals surface area contributed by atoms with Crippen LogP contribution in [0.1, 0.15) is 41.4 Å². The largest absolute Gasteiger partial charge is 0.336 e. The molecule has 0 bridgehead atoms. The zero-order valence-corrected chi connectivity index (χ0v) is 13.5. The molecule has 1 aliphatic heterocycles. The van der Waals surface area contributed by atoms with Crippen molar-refractivity contribution in [3.63, 3.8) is 0 Å². The van der Waals surface area contributed by atoms with Crippen molar-refractivity contribution in [2.45, 2.75) is 45.7 Å². The lowest BCUT2D eigenvalue weighted by atomic mass is 9.97. The minimum absolute atomic E-state index is 0.0758. The Hall–Kier alpha value is -1.94. The van der Waals surface area contributed by atoms with Crippen molar-refractivity contribution in [3.05, 3.63) is 41.1 Å². The third-order valence-electron chi connectivity index (χ3n) is 4.57. The van der Waals surface area contributed by atoms with Gasteiger partial charge in [-0.2, -0.15) is 0 Å². The van der Waals surface area contributed by atoms with Crippen LogP contribution in [0, 0.1) is 13.8 Å². The molecule has 1 saturated heterocycles. The van der Waals surface area contributed by atoms with Gasteiger partial charge in [0.25, 0.3) is 5.91 Å². The summed E-state index contributed by atoms with van der Waals surface area (Å²) in [5.74, 6) is 0.0758. The summed E-state index contributed by atoms with van der Waals surface area (Å²) in [5.41, 5.74) is 9.62. The molecule has 2 aromatic rings. The standard InChI is InChI=1S/C18H23N3O/c1-11-4-5-14-10-16(13(3)20-17(14)8-11)18(22)21-7-6-15(19)9-12(21)2/h4-5,8,10,12,15H,6-7,9,19H2,1-3H3/t12-,15-/m0/s1. The first-order chi connectivity index (χ1) is 10.5. The fraction of sp³-hybridized carbons (Fsp3) is 0.444. The smallest absolute Gasteiger partial charge is 0.255 e. The molecular formula is C18H23N3O. The lowest BCUT2D eigenvalue weighted by molar-refractivity contribution is 0.0618. The Bertz CT molecular complexity index is 726. The Morgan fingerprint density at radius 1 is 1.32 bits per heavy atom. The minimum atomic E-state index is 0.0758. The number of fused-ring (bicyclic) bond motifs is 1. The first-order valence-electron chi connectivity index (χ1n) is 7.90. The Labute approximate surface area is 131 Å². The highest BCUT2D eigenvalue weighted by Gasteiger charge is 2.28. The van der Waals surface area contributed by atoms with E-state index in [1.807, 2.05) is 30.9 Å². The van der Waals surface area contributed by atoms with Crippen LogP contribution in [0.15, 0.2) is 24.3 Å². The van der Waals surface area contributed by atoms with E-state index >= 15 is 0 Å². The fourth-order valence-corrected chi connectivity index (χ4v) is 3.25. The molecule has 4 heteroatoms. The third kappa shape index (κ3) is 2.71. The van der Waals surface area contributed by atoms with Crippen molar-refractivity contribution in [3.8, 4) is 0 Å². The number of nitrogens with zero attached hydrogens (tertiary/aromatic N) is 2.